The minimum Gasteiger partial charge on any atom is -0.349 e. The highest BCUT2D eigenvalue weighted by atomic mass is 32.2. The Morgan fingerprint density at radius 1 is 1.38 bits per heavy atom. The number of H-pyrrole nitrogens is 1. The molecule has 0 radical (unpaired) electrons. The molecule has 1 saturated heterocycles. The smallest absolute Gasteiger partial charge is 0.238 e. The van der Waals surface area contributed by atoms with Crippen molar-refractivity contribution in [1.82, 2.24) is 19.8 Å². The van der Waals surface area contributed by atoms with Crippen molar-refractivity contribution in [2.75, 3.05) is 12.8 Å². The predicted molar refractivity (Wildman–Crippen MR) is 90.4 cm³/mol. The minimum absolute atomic E-state index is 0.270. The van der Waals surface area contributed by atoms with Crippen molar-refractivity contribution in [3.8, 4) is 11.3 Å². The van der Waals surface area contributed by atoms with Crippen LogP contribution in [0, 0.1) is 0 Å². The summed E-state index contributed by atoms with van der Waals surface area (Å²) in [4.78, 5) is 12.3. The van der Waals surface area contributed by atoms with Crippen LogP contribution >= 0.6 is 0 Å². The monoisotopic (exact) mass is 348 g/mol. The van der Waals surface area contributed by atoms with E-state index >= 15 is 0 Å². The molecule has 1 atom stereocenters. The van der Waals surface area contributed by atoms with Crippen LogP contribution in [0.2, 0.25) is 0 Å². The second kappa shape index (κ2) is 6.74. The molecule has 1 aliphatic heterocycles. The lowest BCUT2D eigenvalue weighted by Crippen LogP contribution is -2.45. The Labute approximate surface area is 141 Å². The second-order valence-electron chi connectivity index (χ2n) is 5.89. The van der Waals surface area contributed by atoms with E-state index < -0.39 is 16.1 Å². The van der Waals surface area contributed by atoms with E-state index in [-0.39, 0.29) is 12.5 Å². The Bertz CT molecular complexity index is 817. The van der Waals surface area contributed by atoms with Gasteiger partial charge in [-0.05, 0) is 18.9 Å². The summed E-state index contributed by atoms with van der Waals surface area (Å²) < 4.78 is 24.7. The van der Waals surface area contributed by atoms with Crippen molar-refractivity contribution in [2.45, 2.75) is 25.4 Å². The molecule has 1 aliphatic rings. The number of rotatable bonds is 5. The number of carbonyl (C=O) groups excluding carboxylic acids is 1. The van der Waals surface area contributed by atoms with Crippen molar-refractivity contribution in [3.63, 3.8) is 0 Å². The van der Waals surface area contributed by atoms with Gasteiger partial charge in [-0.1, -0.05) is 30.3 Å². The van der Waals surface area contributed by atoms with E-state index in [1.807, 2.05) is 36.4 Å². The fourth-order valence-electron chi connectivity index (χ4n) is 2.91. The quantitative estimate of drug-likeness (QED) is 0.846. The highest BCUT2D eigenvalue weighted by Crippen LogP contribution is 2.21. The molecular weight excluding hydrogens is 328 g/mol. The van der Waals surface area contributed by atoms with Gasteiger partial charge in [-0.2, -0.15) is 9.40 Å². The third-order valence-corrected chi connectivity index (χ3v) is 5.37. The van der Waals surface area contributed by atoms with Crippen molar-refractivity contribution < 1.29 is 13.2 Å². The zero-order chi connectivity index (χ0) is 17.2. The molecule has 0 spiro atoms. The van der Waals surface area contributed by atoms with Gasteiger partial charge in [-0.25, -0.2) is 8.42 Å². The predicted octanol–water partition coefficient (Wildman–Crippen LogP) is 1.12. The van der Waals surface area contributed by atoms with Crippen LogP contribution in [0.15, 0.2) is 36.4 Å². The summed E-state index contributed by atoms with van der Waals surface area (Å²) in [7, 11) is -3.36. The Kier molecular flexibility index (Phi) is 4.68. The standard InChI is InChI=1S/C16H20N4O3S/c1-24(22,23)20-9-5-8-15(20)16(21)17-11-13-10-14(19-18-13)12-6-3-2-4-7-12/h2-4,6-7,10,15H,5,8-9,11H2,1H3,(H,17,21)(H,18,19)/t15-/m0/s1. The minimum atomic E-state index is -3.36. The van der Waals surface area contributed by atoms with E-state index in [1.54, 1.807) is 0 Å². The highest BCUT2D eigenvalue weighted by Gasteiger charge is 2.36. The van der Waals surface area contributed by atoms with Gasteiger partial charge in [0, 0.05) is 12.1 Å². The number of nitrogens with zero attached hydrogens (tertiary/aromatic N) is 2. The molecule has 2 N–H and O–H groups in total. The van der Waals surface area contributed by atoms with E-state index in [1.165, 1.54) is 4.31 Å². The van der Waals surface area contributed by atoms with Gasteiger partial charge in [0.15, 0.2) is 0 Å². The molecule has 8 heteroatoms. The van der Waals surface area contributed by atoms with E-state index in [0.29, 0.717) is 19.4 Å². The molecule has 1 amide bonds. The summed E-state index contributed by atoms with van der Waals surface area (Å²) in [5.41, 5.74) is 2.56. The van der Waals surface area contributed by atoms with E-state index in [0.717, 1.165) is 23.2 Å². The largest absolute Gasteiger partial charge is 0.349 e. The van der Waals surface area contributed by atoms with Crippen LogP contribution in [0.1, 0.15) is 18.5 Å². The second-order valence-corrected chi connectivity index (χ2v) is 7.83. The highest BCUT2D eigenvalue weighted by molar-refractivity contribution is 7.88. The Hall–Kier alpha value is -2.19. The first kappa shape index (κ1) is 16.7. The fraction of sp³-hybridized carbons (Fsp3) is 0.375. The molecule has 1 fully saturated rings. The molecule has 0 saturated carbocycles. The number of amides is 1. The van der Waals surface area contributed by atoms with Crippen LogP contribution in [0.25, 0.3) is 11.3 Å². The van der Waals surface area contributed by atoms with Gasteiger partial charge in [0.2, 0.25) is 15.9 Å². The SMILES string of the molecule is CS(=O)(=O)N1CCC[C@H]1C(=O)NCc1cc(-c2ccccc2)n[nH]1. The van der Waals surface area contributed by atoms with Crippen molar-refractivity contribution in [3.05, 3.63) is 42.1 Å². The first-order valence-electron chi connectivity index (χ1n) is 7.79. The van der Waals surface area contributed by atoms with E-state index in [2.05, 4.69) is 15.5 Å². The lowest BCUT2D eigenvalue weighted by Gasteiger charge is -2.21. The average Bonchev–Trinajstić information content (AvgIpc) is 3.22. The normalized spacial score (nSPS) is 18.6. The molecule has 0 bridgehead atoms. The van der Waals surface area contributed by atoms with Crippen molar-refractivity contribution in [1.29, 1.82) is 0 Å². The van der Waals surface area contributed by atoms with Crippen molar-refractivity contribution >= 4 is 15.9 Å². The van der Waals surface area contributed by atoms with Gasteiger partial charge in [0.05, 0.1) is 24.2 Å². The third-order valence-electron chi connectivity index (χ3n) is 4.09. The fourth-order valence-corrected chi connectivity index (χ4v) is 4.03. The van der Waals surface area contributed by atoms with E-state index in [4.69, 9.17) is 0 Å². The summed E-state index contributed by atoms with van der Waals surface area (Å²) in [5, 5.41) is 9.92. The van der Waals surface area contributed by atoms with Crippen LogP contribution in [0.3, 0.4) is 0 Å². The lowest BCUT2D eigenvalue weighted by molar-refractivity contribution is -0.124. The van der Waals surface area contributed by atoms with Gasteiger partial charge in [0.1, 0.15) is 6.04 Å². The molecule has 0 unspecified atom stereocenters. The lowest BCUT2D eigenvalue weighted by atomic mass is 10.1. The Morgan fingerprint density at radius 2 is 2.12 bits per heavy atom. The summed E-state index contributed by atoms with van der Waals surface area (Å²) in [5.74, 6) is -0.270. The average molecular weight is 348 g/mol. The maximum absolute atomic E-state index is 12.3. The van der Waals surface area contributed by atoms with Crippen LogP contribution in [-0.2, 0) is 21.4 Å². The first-order chi connectivity index (χ1) is 11.4. The molecular formula is C16H20N4O3S. The maximum atomic E-state index is 12.3. The maximum Gasteiger partial charge on any atom is 0.238 e. The van der Waals surface area contributed by atoms with Gasteiger partial charge >= 0.3 is 0 Å². The molecule has 1 aromatic carbocycles. The Morgan fingerprint density at radius 3 is 2.83 bits per heavy atom. The number of sulfonamides is 1. The van der Waals surface area contributed by atoms with Crippen LogP contribution < -0.4 is 5.32 Å². The van der Waals surface area contributed by atoms with Gasteiger partial charge in [0.25, 0.3) is 0 Å². The third kappa shape index (κ3) is 3.65. The molecule has 24 heavy (non-hydrogen) atoms. The number of aromatic nitrogens is 2. The van der Waals surface area contributed by atoms with Crippen molar-refractivity contribution in [2.24, 2.45) is 0 Å². The topological polar surface area (TPSA) is 95.2 Å². The molecule has 7 nitrogen and oxygen atoms in total. The number of benzene rings is 1. The van der Waals surface area contributed by atoms with Crippen LogP contribution in [0.5, 0.6) is 0 Å². The van der Waals surface area contributed by atoms with Crippen LogP contribution in [-0.4, -0.2) is 47.7 Å². The van der Waals surface area contributed by atoms with E-state index in [9.17, 15) is 13.2 Å². The number of hydrogen-bond acceptors (Lipinski definition) is 4. The van der Waals surface area contributed by atoms with Gasteiger partial charge < -0.3 is 5.32 Å². The molecule has 1 aromatic heterocycles. The summed E-state index contributed by atoms with van der Waals surface area (Å²) in [6.45, 7) is 0.686. The number of hydrogen-bond donors (Lipinski definition) is 2. The molecule has 128 valence electrons. The molecule has 0 aliphatic carbocycles. The molecule has 2 heterocycles. The summed E-state index contributed by atoms with van der Waals surface area (Å²) >= 11 is 0. The number of nitrogens with one attached hydrogen (secondary N) is 2. The van der Waals surface area contributed by atoms with Gasteiger partial charge in [-0.15, -0.1) is 0 Å². The zero-order valence-corrected chi connectivity index (χ0v) is 14.2. The molecule has 2 aromatic rings. The van der Waals surface area contributed by atoms with Gasteiger partial charge in [-0.3, -0.25) is 9.89 Å². The summed E-state index contributed by atoms with van der Waals surface area (Å²) in [6.07, 6.45) is 2.39. The zero-order valence-electron chi connectivity index (χ0n) is 13.4. The molecule has 3 rings (SSSR count). The number of carbonyl (C=O) groups is 1. The Balaban J connectivity index is 1.62. The van der Waals surface area contributed by atoms with Crippen LogP contribution in [0.4, 0.5) is 0 Å². The number of aromatic amines is 1. The first-order valence-corrected chi connectivity index (χ1v) is 9.64. The summed E-state index contributed by atoms with van der Waals surface area (Å²) in [6, 6.07) is 11.0.